The third-order valence-corrected chi connectivity index (χ3v) is 4.00. The Bertz CT molecular complexity index is 722. The molecule has 3 rings (SSSR count). The largest absolute Gasteiger partial charge is 0.0622 e. The van der Waals surface area contributed by atoms with Crippen LogP contribution < -0.4 is 0 Å². The van der Waals surface area contributed by atoms with Crippen molar-refractivity contribution in [2.24, 2.45) is 0 Å². The summed E-state index contributed by atoms with van der Waals surface area (Å²) in [5.74, 6) is 0. The van der Waals surface area contributed by atoms with Crippen LogP contribution in [0.5, 0.6) is 0 Å². The zero-order valence-corrected chi connectivity index (χ0v) is 12.6. The molecule has 0 aliphatic heterocycles. The van der Waals surface area contributed by atoms with Crippen molar-refractivity contribution in [3.05, 3.63) is 95.1 Å². The Morgan fingerprint density at radius 3 is 2.10 bits per heavy atom. The molecule has 0 aliphatic rings. The first-order valence-electron chi connectivity index (χ1n) is 7.43. The fraction of sp³-hybridized carbons (Fsp3) is 0.143. The predicted octanol–water partition coefficient (Wildman–Crippen LogP) is 5.56. The van der Waals surface area contributed by atoms with Crippen LogP contribution in [0, 0.1) is 13.8 Å². The molecule has 0 saturated heterocycles. The fourth-order valence-electron chi connectivity index (χ4n) is 2.74. The Balaban J connectivity index is 2.03. The average Bonchev–Trinajstić information content (AvgIpc) is 2.52. The minimum absolute atomic E-state index is 0.983. The summed E-state index contributed by atoms with van der Waals surface area (Å²) in [6, 6.07) is 26.1. The number of hydrogen-bond acceptors (Lipinski definition) is 0. The molecular weight excluding hydrogens is 252 g/mol. The maximum Gasteiger partial charge on any atom is -0.00170 e. The molecule has 0 radical (unpaired) electrons. The molecule has 0 saturated carbocycles. The first-order chi connectivity index (χ1) is 10.2. The van der Waals surface area contributed by atoms with E-state index in [2.05, 4.69) is 86.6 Å². The first kappa shape index (κ1) is 13.6. The van der Waals surface area contributed by atoms with Gasteiger partial charge in [0, 0.05) is 0 Å². The molecule has 0 bridgehead atoms. The van der Waals surface area contributed by atoms with E-state index in [1.54, 1.807) is 0 Å². The van der Waals surface area contributed by atoms with Gasteiger partial charge in [0.2, 0.25) is 0 Å². The van der Waals surface area contributed by atoms with Crippen molar-refractivity contribution in [3.8, 4) is 11.1 Å². The van der Waals surface area contributed by atoms with E-state index in [4.69, 9.17) is 0 Å². The summed E-state index contributed by atoms with van der Waals surface area (Å²) in [5, 5.41) is 0. The van der Waals surface area contributed by atoms with E-state index in [9.17, 15) is 0 Å². The molecule has 0 heteroatoms. The van der Waals surface area contributed by atoms with Gasteiger partial charge < -0.3 is 0 Å². The molecule has 0 spiro atoms. The lowest BCUT2D eigenvalue weighted by molar-refractivity contribution is 1.15. The van der Waals surface area contributed by atoms with Gasteiger partial charge in [-0.2, -0.15) is 0 Å². The van der Waals surface area contributed by atoms with E-state index >= 15 is 0 Å². The van der Waals surface area contributed by atoms with Crippen molar-refractivity contribution in [2.75, 3.05) is 0 Å². The third kappa shape index (κ3) is 3.05. The zero-order valence-electron chi connectivity index (χ0n) is 12.6. The predicted molar refractivity (Wildman–Crippen MR) is 90.6 cm³/mol. The Labute approximate surface area is 127 Å². The normalized spacial score (nSPS) is 10.6. The van der Waals surface area contributed by atoms with Crippen LogP contribution in [-0.4, -0.2) is 0 Å². The molecule has 0 atom stereocenters. The quantitative estimate of drug-likeness (QED) is 0.585. The van der Waals surface area contributed by atoms with E-state index in [0.717, 1.165) is 6.42 Å². The van der Waals surface area contributed by atoms with Crippen LogP contribution in [0.4, 0.5) is 0 Å². The minimum atomic E-state index is 0.983. The smallest absolute Gasteiger partial charge is 0.00170 e. The van der Waals surface area contributed by atoms with Crippen LogP contribution >= 0.6 is 0 Å². The number of benzene rings is 3. The highest BCUT2D eigenvalue weighted by atomic mass is 14.1. The van der Waals surface area contributed by atoms with Gasteiger partial charge in [0.15, 0.2) is 0 Å². The highest BCUT2D eigenvalue weighted by Gasteiger charge is 2.08. The Morgan fingerprint density at radius 1 is 0.667 bits per heavy atom. The lowest BCUT2D eigenvalue weighted by atomic mass is 9.91. The van der Waals surface area contributed by atoms with Gasteiger partial charge in [0.1, 0.15) is 0 Å². The molecule has 0 fully saturated rings. The summed E-state index contributed by atoms with van der Waals surface area (Å²) in [7, 11) is 0. The standard InChI is InChI=1S/C21H20/c1-16-11-13-18(14-12-16)15-21-17(2)7-6-10-20(21)19-8-4-3-5-9-19/h3-14H,15H2,1-2H3. The molecule has 0 aliphatic carbocycles. The summed E-state index contributed by atoms with van der Waals surface area (Å²) in [5.41, 5.74) is 8.10. The topological polar surface area (TPSA) is 0 Å². The molecule has 0 amide bonds. The highest BCUT2D eigenvalue weighted by Crippen LogP contribution is 2.28. The number of hydrogen-bond donors (Lipinski definition) is 0. The number of rotatable bonds is 3. The van der Waals surface area contributed by atoms with Crippen molar-refractivity contribution >= 4 is 0 Å². The molecule has 104 valence electrons. The highest BCUT2D eigenvalue weighted by molar-refractivity contribution is 5.69. The first-order valence-corrected chi connectivity index (χ1v) is 7.43. The second-order valence-corrected chi connectivity index (χ2v) is 5.63. The summed E-state index contributed by atoms with van der Waals surface area (Å²) < 4.78 is 0. The molecule has 0 aromatic heterocycles. The third-order valence-electron chi connectivity index (χ3n) is 4.00. The van der Waals surface area contributed by atoms with Crippen LogP contribution in [0.1, 0.15) is 22.3 Å². The van der Waals surface area contributed by atoms with Crippen LogP contribution in [0.25, 0.3) is 11.1 Å². The Morgan fingerprint density at radius 2 is 1.38 bits per heavy atom. The molecule has 0 nitrogen and oxygen atoms in total. The van der Waals surface area contributed by atoms with Crippen molar-refractivity contribution in [1.29, 1.82) is 0 Å². The zero-order chi connectivity index (χ0) is 14.7. The lowest BCUT2D eigenvalue weighted by Crippen LogP contribution is -1.96. The van der Waals surface area contributed by atoms with Gasteiger partial charge in [-0.15, -0.1) is 0 Å². The van der Waals surface area contributed by atoms with E-state index in [0.29, 0.717) is 0 Å². The summed E-state index contributed by atoms with van der Waals surface area (Å²) in [4.78, 5) is 0. The average molecular weight is 272 g/mol. The van der Waals surface area contributed by atoms with Gasteiger partial charge in [-0.25, -0.2) is 0 Å². The molecule has 0 heterocycles. The Kier molecular flexibility index (Phi) is 3.87. The van der Waals surface area contributed by atoms with Gasteiger partial charge >= 0.3 is 0 Å². The molecule has 3 aromatic carbocycles. The van der Waals surface area contributed by atoms with Crippen molar-refractivity contribution in [3.63, 3.8) is 0 Å². The van der Waals surface area contributed by atoms with Gasteiger partial charge in [0.25, 0.3) is 0 Å². The summed E-state index contributed by atoms with van der Waals surface area (Å²) in [6.45, 7) is 4.34. The fourth-order valence-corrected chi connectivity index (χ4v) is 2.74. The second kappa shape index (κ2) is 5.97. The van der Waals surface area contributed by atoms with Crippen molar-refractivity contribution in [1.82, 2.24) is 0 Å². The van der Waals surface area contributed by atoms with E-state index in [1.165, 1.54) is 33.4 Å². The summed E-state index contributed by atoms with van der Waals surface area (Å²) >= 11 is 0. The molecular formula is C21H20. The van der Waals surface area contributed by atoms with E-state index in [-0.39, 0.29) is 0 Å². The Hall–Kier alpha value is -2.34. The van der Waals surface area contributed by atoms with Gasteiger partial charge in [-0.3, -0.25) is 0 Å². The van der Waals surface area contributed by atoms with Crippen LogP contribution in [0.3, 0.4) is 0 Å². The molecule has 0 N–H and O–H groups in total. The van der Waals surface area contributed by atoms with Crippen molar-refractivity contribution < 1.29 is 0 Å². The second-order valence-electron chi connectivity index (χ2n) is 5.63. The SMILES string of the molecule is Cc1ccc(Cc2c(C)cccc2-c2ccccc2)cc1. The van der Waals surface area contributed by atoms with Crippen LogP contribution in [-0.2, 0) is 6.42 Å². The van der Waals surface area contributed by atoms with Crippen LogP contribution in [0.15, 0.2) is 72.8 Å². The number of aryl methyl sites for hydroxylation is 2. The van der Waals surface area contributed by atoms with Gasteiger partial charge in [0.05, 0.1) is 0 Å². The van der Waals surface area contributed by atoms with E-state index < -0.39 is 0 Å². The van der Waals surface area contributed by atoms with Gasteiger partial charge in [-0.1, -0.05) is 78.4 Å². The maximum atomic E-state index is 2.23. The van der Waals surface area contributed by atoms with Crippen molar-refractivity contribution in [2.45, 2.75) is 20.3 Å². The minimum Gasteiger partial charge on any atom is -0.0622 e. The van der Waals surface area contributed by atoms with Gasteiger partial charge in [-0.05, 0) is 48.1 Å². The molecule has 0 unspecified atom stereocenters. The lowest BCUT2D eigenvalue weighted by Gasteiger charge is -2.13. The monoisotopic (exact) mass is 272 g/mol. The summed E-state index contributed by atoms with van der Waals surface area (Å²) in [6.07, 6.45) is 0.983. The molecule has 3 aromatic rings. The van der Waals surface area contributed by atoms with E-state index in [1.807, 2.05) is 0 Å². The van der Waals surface area contributed by atoms with Crippen LogP contribution in [0.2, 0.25) is 0 Å². The maximum absolute atomic E-state index is 2.23. The molecule has 21 heavy (non-hydrogen) atoms.